The van der Waals surface area contributed by atoms with Gasteiger partial charge in [0.2, 0.25) is 11.8 Å². The number of hydrogen-bond acceptors (Lipinski definition) is 6. The molecule has 7 nitrogen and oxygen atoms in total. The number of carboxylic acid groups (broad SMARTS) is 1. The van der Waals surface area contributed by atoms with Crippen molar-refractivity contribution < 1.29 is 22.7 Å². The molecule has 1 heterocycles. The van der Waals surface area contributed by atoms with Crippen molar-refractivity contribution >= 4 is 15.8 Å². The Morgan fingerprint density at radius 1 is 1.20 bits per heavy atom. The monoisotopic (exact) mass is 296 g/mol. The Labute approximate surface area is 115 Å². The number of carboxylic acids is 1. The third kappa shape index (κ3) is 3.02. The highest BCUT2D eigenvalue weighted by Gasteiger charge is 2.19. The highest BCUT2D eigenvalue weighted by Crippen LogP contribution is 2.16. The van der Waals surface area contributed by atoms with Gasteiger partial charge < -0.3 is 9.52 Å². The maximum atomic E-state index is 12.1. The zero-order chi connectivity index (χ0) is 14.8. The summed E-state index contributed by atoms with van der Waals surface area (Å²) in [6.45, 7) is 1.82. The lowest BCUT2D eigenvalue weighted by atomic mass is 10.2. The van der Waals surface area contributed by atoms with Crippen molar-refractivity contribution in [2.75, 3.05) is 0 Å². The average molecular weight is 296 g/mol. The number of benzene rings is 1. The molecule has 0 aliphatic heterocycles. The first kappa shape index (κ1) is 14.2. The molecule has 0 amide bonds. The van der Waals surface area contributed by atoms with Gasteiger partial charge in [0.05, 0.1) is 10.5 Å². The minimum atomic E-state index is -3.64. The van der Waals surface area contributed by atoms with Crippen LogP contribution in [-0.2, 0) is 22.0 Å². The molecule has 1 aromatic heterocycles. The van der Waals surface area contributed by atoms with Crippen LogP contribution >= 0.6 is 0 Å². The van der Waals surface area contributed by atoms with E-state index in [2.05, 4.69) is 10.2 Å². The van der Waals surface area contributed by atoms with Crippen molar-refractivity contribution in [2.24, 2.45) is 0 Å². The Morgan fingerprint density at radius 2 is 1.80 bits per heavy atom. The molecule has 0 unspecified atom stereocenters. The molecule has 106 valence electrons. The summed E-state index contributed by atoms with van der Waals surface area (Å²) in [7, 11) is -3.64. The standard InChI is InChI=1S/C12H12N2O5S/c1-2-10-13-14-11(19-10)7-20(17,18)9-5-3-8(4-6-9)12(15)16/h3-6H,2,7H2,1H3,(H,15,16). The first-order valence-electron chi connectivity index (χ1n) is 5.79. The predicted molar refractivity (Wildman–Crippen MR) is 68.0 cm³/mol. The first-order chi connectivity index (χ1) is 9.42. The van der Waals surface area contributed by atoms with Gasteiger partial charge in [-0.1, -0.05) is 6.92 Å². The normalized spacial score (nSPS) is 11.4. The molecule has 1 N–H and O–H groups in total. The summed E-state index contributed by atoms with van der Waals surface area (Å²) < 4.78 is 29.4. The van der Waals surface area contributed by atoms with E-state index in [-0.39, 0.29) is 16.3 Å². The lowest BCUT2D eigenvalue weighted by molar-refractivity contribution is 0.0696. The van der Waals surface area contributed by atoms with Gasteiger partial charge in [-0.15, -0.1) is 10.2 Å². The van der Waals surface area contributed by atoms with Crippen LogP contribution in [0.4, 0.5) is 0 Å². The second-order valence-electron chi connectivity index (χ2n) is 4.03. The number of hydrogen-bond donors (Lipinski definition) is 1. The molecule has 0 aliphatic rings. The van der Waals surface area contributed by atoms with Gasteiger partial charge in [0.25, 0.3) is 0 Å². The molecular formula is C12H12N2O5S. The van der Waals surface area contributed by atoms with Gasteiger partial charge in [0.15, 0.2) is 9.84 Å². The van der Waals surface area contributed by atoms with Crippen LogP contribution in [0.15, 0.2) is 33.6 Å². The summed E-state index contributed by atoms with van der Waals surface area (Å²) in [6.07, 6.45) is 0.528. The Balaban J connectivity index is 2.23. The van der Waals surface area contributed by atoms with Crippen LogP contribution in [-0.4, -0.2) is 29.7 Å². The zero-order valence-electron chi connectivity index (χ0n) is 10.6. The summed E-state index contributed by atoms with van der Waals surface area (Å²) >= 11 is 0. The van der Waals surface area contributed by atoms with Crippen molar-refractivity contribution in [1.29, 1.82) is 0 Å². The summed E-state index contributed by atoms with van der Waals surface area (Å²) in [5.41, 5.74) is 0.0232. The Kier molecular flexibility index (Phi) is 3.84. The number of sulfone groups is 1. The number of aryl methyl sites for hydroxylation is 1. The maximum Gasteiger partial charge on any atom is 0.335 e. The molecule has 1 aromatic carbocycles. The predicted octanol–water partition coefficient (Wildman–Crippen LogP) is 1.30. The SMILES string of the molecule is CCc1nnc(CS(=O)(=O)c2ccc(C(=O)O)cc2)o1. The summed E-state index contributed by atoms with van der Waals surface area (Å²) in [6, 6.07) is 4.97. The van der Waals surface area contributed by atoms with Gasteiger partial charge in [-0.3, -0.25) is 0 Å². The Hall–Kier alpha value is -2.22. The molecule has 0 bridgehead atoms. The van der Waals surface area contributed by atoms with E-state index in [4.69, 9.17) is 9.52 Å². The molecule has 8 heteroatoms. The molecule has 0 atom stereocenters. The number of nitrogens with zero attached hydrogens (tertiary/aromatic N) is 2. The van der Waals surface area contributed by atoms with Gasteiger partial charge in [-0.2, -0.15) is 0 Å². The van der Waals surface area contributed by atoms with Crippen molar-refractivity contribution in [2.45, 2.75) is 24.0 Å². The molecule has 20 heavy (non-hydrogen) atoms. The fourth-order valence-corrected chi connectivity index (χ4v) is 2.70. The van der Waals surface area contributed by atoms with E-state index in [0.29, 0.717) is 12.3 Å². The van der Waals surface area contributed by atoms with Gasteiger partial charge >= 0.3 is 5.97 Å². The first-order valence-corrected chi connectivity index (χ1v) is 7.45. The molecule has 0 saturated heterocycles. The Bertz CT molecular complexity index is 719. The maximum absolute atomic E-state index is 12.1. The molecule has 0 radical (unpaired) electrons. The van der Waals surface area contributed by atoms with Crippen molar-refractivity contribution in [3.05, 3.63) is 41.6 Å². The molecule has 2 rings (SSSR count). The lowest BCUT2D eigenvalue weighted by Crippen LogP contribution is -2.06. The fraction of sp³-hybridized carbons (Fsp3) is 0.250. The molecule has 0 fully saturated rings. The van der Waals surface area contributed by atoms with Crippen LogP contribution in [0.1, 0.15) is 29.1 Å². The number of rotatable bonds is 5. The second kappa shape index (κ2) is 5.41. The van der Waals surface area contributed by atoms with E-state index in [1.807, 2.05) is 6.92 Å². The van der Waals surface area contributed by atoms with Crippen LogP contribution < -0.4 is 0 Å². The van der Waals surface area contributed by atoms with Gasteiger partial charge in [0.1, 0.15) is 5.75 Å². The van der Waals surface area contributed by atoms with E-state index >= 15 is 0 Å². The number of aromatic carboxylic acids is 1. The van der Waals surface area contributed by atoms with Gasteiger partial charge in [-0.05, 0) is 24.3 Å². The molecule has 0 spiro atoms. The van der Waals surface area contributed by atoms with E-state index in [1.54, 1.807) is 0 Å². The Morgan fingerprint density at radius 3 is 2.30 bits per heavy atom. The third-order valence-electron chi connectivity index (χ3n) is 2.59. The summed E-state index contributed by atoms with van der Waals surface area (Å²) in [4.78, 5) is 10.7. The van der Waals surface area contributed by atoms with Crippen molar-refractivity contribution in [1.82, 2.24) is 10.2 Å². The topological polar surface area (TPSA) is 110 Å². The van der Waals surface area contributed by atoms with Gasteiger partial charge in [-0.25, -0.2) is 13.2 Å². The minimum Gasteiger partial charge on any atom is -0.478 e. The van der Waals surface area contributed by atoms with E-state index < -0.39 is 21.6 Å². The van der Waals surface area contributed by atoms with Crippen LogP contribution in [0.3, 0.4) is 0 Å². The van der Waals surface area contributed by atoms with Crippen LogP contribution in [0.25, 0.3) is 0 Å². The average Bonchev–Trinajstić information content (AvgIpc) is 2.85. The van der Waals surface area contributed by atoms with Crippen LogP contribution in [0.2, 0.25) is 0 Å². The quantitative estimate of drug-likeness (QED) is 0.885. The molecular weight excluding hydrogens is 284 g/mol. The molecule has 2 aromatic rings. The summed E-state index contributed by atoms with van der Waals surface area (Å²) in [5, 5.41) is 16.1. The molecule has 0 aliphatic carbocycles. The third-order valence-corrected chi connectivity index (χ3v) is 4.20. The van der Waals surface area contributed by atoms with Crippen molar-refractivity contribution in [3.8, 4) is 0 Å². The van der Waals surface area contributed by atoms with E-state index in [1.165, 1.54) is 24.3 Å². The highest BCUT2D eigenvalue weighted by atomic mass is 32.2. The van der Waals surface area contributed by atoms with E-state index in [0.717, 1.165) is 0 Å². The fourth-order valence-electron chi connectivity index (χ4n) is 1.54. The largest absolute Gasteiger partial charge is 0.478 e. The number of carbonyl (C=O) groups is 1. The second-order valence-corrected chi connectivity index (χ2v) is 6.02. The minimum absolute atomic E-state index is 0.0127. The highest BCUT2D eigenvalue weighted by molar-refractivity contribution is 7.90. The van der Waals surface area contributed by atoms with Crippen LogP contribution in [0.5, 0.6) is 0 Å². The van der Waals surface area contributed by atoms with Gasteiger partial charge in [0, 0.05) is 6.42 Å². The number of aromatic nitrogens is 2. The van der Waals surface area contributed by atoms with E-state index in [9.17, 15) is 13.2 Å². The lowest BCUT2D eigenvalue weighted by Gasteiger charge is -2.02. The molecule has 0 saturated carbocycles. The zero-order valence-corrected chi connectivity index (χ0v) is 11.4. The van der Waals surface area contributed by atoms with Crippen LogP contribution in [0, 0.1) is 0 Å². The van der Waals surface area contributed by atoms with Crippen molar-refractivity contribution in [3.63, 3.8) is 0 Å². The smallest absolute Gasteiger partial charge is 0.335 e. The summed E-state index contributed by atoms with van der Waals surface area (Å²) in [5.74, 6) is -1.13.